The van der Waals surface area contributed by atoms with Crippen LogP contribution in [0.1, 0.15) is 11.3 Å². The molecule has 2 aromatic rings. The van der Waals surface area contributed by atoms with Crippen molar-refractivity contribution in [2.75, 3.05) is 7.11 Å². The van der Waals surface area contributed by atoms with E-state index in [0.717, 1.165) is 11.3 Å². The maximum atomic E-state index is 6.07. The number of halogens is 1. The lowest BCUT2D eigenvalue weighted by molar-refractivity contribution is 0.380. The van der Waals surface area contributed by atoms with Gasteiger partial charge < -0.3 is 4.74 Å². The molecule has 14 heavy (non-hydrogen) atoms. The Morgan fingerprint density at radius 3 is 2.64 bits per heavy atom. The summed E-state index contributed by atoms with van der Waals surface area (Å²) in [5.41, 5.74) is 1.74. The maximum absolute atomic E-state index is 6.07. The molecule has 0 saturated heterocycles. The van der Waals surface area contributed by atoms with E-state index in [4.69, 9.17) is 16.3 Å². The van der Waals surface area contributed by atoms with E-state index in [0.29, 0.717) is 10.9 Å². The molecule has 0 amide bonds. The summed E-state index contributed by atoms with van der Waals surface area (Å²) in [6.45, 7) is 3.76. The Kier molecular flexibility index (Phi) is 2.03. The summed E-state index contributed by atoms with van der Waals surface area (Å²) in [6.07, 6.45) is 0. The Bertz CT molecular complexity index is 494. The van der Waals surface area contributed by atoms with Crippen molar-refractivity contribution in [3.63, 3.8) is 0 Å². The van der Waals surface area contributed by atoms with Crippen LogP contribution in [-0.4, -0.2) is 26.7 Å². The first-order chi connectivity index (χ1) is 6.63. The van der Waals surface area contributed by atoms with E-state index >= 15 is 0 Å². The third-order valence-corrected chi connectivity index (χ3v) is 2.50. The fourth-order valence-corrected chi connectivity index (χ4v) is 1.37. The van der Waals surface area contributed by atoms with Gasteiger partial charge in [0.2, 0.25) is 0 Å². The smallest absolute Gasteiger partial charge is 0.337 e. The predicted molar refractivity (Wildman–Crippen MR) is 51.8 cm³/mol. The zero-order chi connectivity index (χ0) is 10.3. The zero-order valence-corrected chi connectivity index (χ0v) is 8.83. The highest BCUT2D eigenvalue weighted by Gasteiger charge is 2.11. The van der Waals surface area contributed by atoms with Gasteiger partial charge in [-0.1, -0.05) is 11.6 Å². The first-order valence-corrected chi connectivity index (χ1v) is 4.44. The normalized spacial score (nSPS) is 10.9. The molecule has 0 aromatic carbocycles. The van der Waals surface area contributed by atoms with Crippen LogP contribution in [0, 0.1) is 13.8 Å². The number of hydrogen-bond acceptors (Lipinski definition) is 4. The van der Waals surface area contributed by atoms with Gasteiger partial charge in [-0.2, -0.15) is 9.50 Å². The van der Waals surface area contributed by atoms with Gasteiger partial charge in [0.1, 0.15) is 5.15 Å². The summed E-state index contributed by atoms with van der Waals surface area (Å²) in [7, 11) is 1.50. The van der Waals surface area contributed by atoms with E-state index < -0.39 is 0 Å². The fourth-order valence-electron chi connectivity index (χ4n) is 1.12. The Labute approximate surface area is 85.7 Å². The predicted octanol–water partition coefficient (Wildman–Crippen LogP) is 1.40. The van der Waals surface area contributed by atoms with E-state index in [2.05, 4.69) is 15.1 Å². The monoisotopic (exact) mass is 212 g/mol. The number of aryl methyl sites for hydroxylation is 1. The van der Waals surface area contributed by atoms with Crippen molar-refractivity contribution in [1.82, 2.24) is 19.6 Å². The maximum Gasteiger partial charge on any atom is 0.337 e. The van der Waals surface area contributed by atoms with Crippen molar-refractivity contribution >= 4 is 17.4 Å². The molecule has 74 valence electrons. The van der Waals surface area contributed by atoms with Gasteiger partial charge in [-0.05, 0) is 13.8 Å². The SMILES string of the molecule is COc1nc2nc(C)c(C)c(Cl)n2n1. The lowest BCUT2D eigenvalue weighted by Crippen LogP contribution is -1.98. The first-order valence-electron chi connectivity index (χ1n) is 4.07. The summed E-state index contributed by atoms with van der Waals surface area (Å²) in [5, 5.41) is 4.54. The average Bonchev–Trinajstić information content (AvgIpc) is 2.57. The summed E-state index contributed by atoms with van der Waals surface area (Å²) in [4.78, 5) is 8.26. The van der Waals surface area contributed by atoms with Crippen molar-refractivity contribution in [2.45, 2.75) is 13.8 Å². The molecule has 2 heterocycles. The topological polar surface area (TPSA) is 52.3 Å². The van der Waals surface area contributed by atoms with Gasteiger partial charge in [0, 0.05) is 11.3 Å². The van der Waals surface area contributed by atoms with Crippen LogP contribution in [0.5, 0.6) is 6.01 Å². The molecule has 0 spiro atoms. The van der Waals surface area contributed by atoms with Gasteiger partial charge >= 0.3 is 6.01 Å². The van der Waals surface area contributed by atoms with E-state index in [1.54, 1.807) is 0 Å². The molecule has 0 atom stereocenters. The van der Waals surface area contributed by atoms with Crippen LogP contribution >= 0.6 is 11.6 Å². The van der Waals surface area contributed by atoms with Gasteiger partial charge in [0.15, 0.2) is 0 Å². The third kappa shape index (κ3) is 1.21. The molecule has 2 rings (SSSR count). The number of rotatable bonds is 1. The van der Waals surface area contributed by atoms with Crippen molar-refractivity contribution in [3.8, 4) is 6.01 Å². The van der Waals surface area contributed by atoms with Crippen molar-refractivity contribution in [2.24, 2.45) is 0 Å². The highest BCUT2D eigenvalue weighted by atomic mass is 35.5. The van der Waals surface area contributed by atoms with Crippen molar-refractivity contribution < 1.29 is 4.74 Å². The summed E-state index contributed by atoms with van der Waals surface area (Å²) < 4.78 is 6.35. The van der Waals surface area contributed by atoms with Crippen LogP contribution in [0.2, 0.25) is 5.15 Å². The number of methoxy groups -OCH3 is 1. The van der Waals surface area contributed by atoms with E-state index in [9.17, 15) is 0 Å². The zero-order valence-electron chi connectivity index (χ0n) is 8.08. The number of ether oxygens (including phenoxy) is 1. The van der Waals surface area contributed by atoms with Crippen LogP contribution in [0.3, 0.4) is 0 Å². The molecule has 0 radical (unpaired) electrons. The quantitative estimate of drug-likeness (QED) is 0.671. The Hall–Kier alpha value is -1.36. The van der Waals surface area contributed by atoms with Gasteiger partial charge in [-0.15, -0.1) is 5.10 Å². The number of aromatic nitrogens is 4. The van der Waals surface area contributed by atoms with Crippen LogP contribution in [0.15, 0.2) is 0 Å². The molecule has 6 heteroatoms. The minimum atomic E-state index is 0.268. The molecule has 0 bridgehead atoms. The Balaban J connectivity index is 2.81. The minimum absolute atomic E-state index is 0.268. The highest BCUT2D eigenvalue weighted by Crippen LogP contribution is 2.19. The van der Waals surface area contributed by atoms with Crippen LogP contribution in [0.25, 0.3) is 5.78 Å². The van der Waals surface area contributed by atoms with E-state index in [1.807, 2.05) is 13.8 Å². The number of hydrogen-bond donors (Lipinski definition) is 0. The molecule has 0 saturated carbocycles. The largest absolute Gasteiger partial charge is 0.466 e. The number of fused-ring (bicyclic) bond motifs is 1. The summed E-state index contributed by atoms with van der Waals surface area (Å²) >= 11 is 6.07. The second-order valence-electron chi connectivity index (χ2n) is 2.92. The fraction of sp³-hybridized carbons (Fsp3) is 0.375. The minimum Gasteiger partial charge on any atom is -0.466 e. The first kappa shape index (κ1) is 9.21. The van der Waals surface area contributed by atoms with Gasteiger partial charge in [-0.25, -0.2) is 4.98 Å². The second kappa shape index (κ2) is 3.09. The second-order valence-corrected chi connectivity index (χ2v) is 3.28. The van der Waals surface area contributed by atoms with Gasteiger partial charge in [0.25, 0.3) is 5.78 Å². The van der Waals surface area contributed by atoms with Crippen molar-refractivity contribution in [1.29, 1.82) is 0 Å². The third-order valence-electron chi connectivity index (χ3n) is 2.06. The average molecular weight is 213 g/mol. The van der Waals surface area contributed by atoms with E-state index in [1.165, 1.54) is 11.6 Å². The van der Waals surface area contributed by atoms with Crippen molar-refractivity contribution in [3.05, 3.63) is 16.4 Å². The molecule has 5 nitrogen and oxygen atoms in total. The van der Waals surface area contributed by atoms with Crippen LogP contribution < -0.4 is 4.74 Å². The van der Waals surface area contributed by atoms with E-state index in [-0.39, 0.29) is 6.01 Å². The number of nitrogens with zero attached hydrogens (tertiary/aromatic N) is 4. The molecular weight excluding hydrogens is 204 g/mol. The molecule has 0 aliphatic heterocycles. The highest BCUT2D eigenvalue weighted by molar-refractivity contribution is 6.30. The Morgan fingerprint density at radius 1 is 1.29 bits per heavy atom. The van der Waals surface area contributed by atoms with Gasteiger partial charge in [-0.3, -0.25) is 0 Å². The molecular formula is C8H9ClN4O. The molecule has 0 fully saturated rings. The summed E-state index contributed by atoms with van der Waals surface area (Å²) in [5.74, 6) is 0.454. The molecule has 2 aromatic heterocycles. The van der Waals surface area contributed by atoms with Crippen LogP contribution in [0.4, 0.5) is 0 Å². The Morgan fingerprint density at radius 2 is 2.00 bits per heavy atom. The van der Waals surface area contributed by atoms with Crippen LogP contribution in [-0.2, 0) is 0 Å². The molecule has 0 unspecified atom stereocenters. The molecule has 0 aliphatic rings. The lowest BCUT2D eigenvalue weighted by atomic mass is 10.3. The summed E-state index contributed by atoms with van der Waals surface area (Å²) in [6, 6.07) is 0.268. The molecule has 0 N–H and O–H groups in total. The van der Waals surface area contributed by atoms with Gasteiger partial charge in [0.05, 0.1) is 7.11 Å². The standard InChI is InChI=1S/C8H9ClN4O/c1-4-5(2)10-7-11-8(14-3)12-13(7)6(4)9/h1-3H3. The lowest BCUT2D eigenvalue weighted by Gasteiger charge is -2.01. The molecule has 0 aliphatic carbocycles.